The molecule has 0 aliphatic rings. The SMILES string of the molecule is O=c1c(=Cc2ccc(Cl)c(Cl)c2)sc2nc(-c3cccc(Cl)c3)nn12. The summed E-state index contributed by atoms with van der Waals surface area (Å²) in [5, 5.41) is 5.79. The second-order valence-corrected chi connectivity index (χ2v) is 7.49. The van der Waals surface area contributed by atoms with Crippen molar-refractivity contribution in [3.05, 3.63) is 78.0 Å². The van der Waals surface area contributed by atoms with Crippen LogP contribution in [0.5, 0.6) is 0 Å². The summed E-state index contributed by atoms with van der Waals surface area (Å²) in [4.78, 5) is 17.5. The minimum absolute atomic E-state index is 0.230. The fraction of sp³-hybridized carbons (Fsp3) is 0. The fourth-order valence-electron chi connectivity index (χ4n) is 2.34. The van der Waals surface area contributed by atoms with Gasteiger partial charge in [0, 0.05) is 10.6 Å². The van der Waals surface area contributed by atoms with Gasteiger partial charge in [0.1, 0.15) is 0 Å². The van der Waals surface area contributed by atoms with E-state index in [0.29, 0.717) is 30.4 Å². The molecule has 0 fully saturated rings. The number of aromatic nitrogens is 3. The summed E-state index contributed by atoms with van der Waals surface area (Å²) in [7, 11) is 0. The molecule has 4 aromatic rings. The first-order valence-electron chi connectivity index (χ1n) is 7.13. The number of halogens is 3. The van der Waals surface area contributed by atoms with Crippen LogP contribution in [0.3, 0.4) is 0 Å². The average molecular weight is 409 g/mol. The quantitative estimate of drug-likeness (QED) is 0.496. The maximum Gasteiger partial charge on any atom is 0.291 e. The number of rotatable bonds is 2. The van der Waals surface area contributed by atoms with Gasteiger partial charge in [0.15, 0.2) is 5.82 Å². The molecule has 124 valence electrons. The molecule has 0 aliphatic carbocycles. The molecule has 4 rings (SSSR count). The van der Waals surface area contributed by atoms with E-state index < -0.39 is 0 Å². The Morgan fingerprint density at radius 3 is 2.60 bits per heavy atom. The molecule has 0 spiro atoms. The van der Waals surface area contributed by atoms with Gasteiger partial charge in [0.2, 0.25) is 4.96 Å². The molecule has 4 nitrogen and oxygen atoms in total. The Morgan fingerprint density at radius 2 is 1.88 bits per heavy atom. The van der Waals surface area contributed by atoms with Gasteiger partial charge in [0.25, 0.3) is 5.56 Å². The highest BCUT2D eigenvalue weighted by Gasteiger charge is 2.12. The van der Waals surface area contributed by atoms with Gasteiger partial charge in [-0.1, -0.05) is 64.3 Å². The molecule has 2 aromatic heterocycles. The fourth-order valence-corrected chi connectivity index (χ4v) is 3.74. The van der Waals surface area contributed by atoms with Gasteiger partial charge in [-0.15, -0.1) is 5.10 Å². The van der Waals surface area contributed by atoms with E-state index in [1.807, 2.05) is 12.1 Å². The number of thiazole rings is 1. The minimum Gasteiger partial charge on any atom is -0.266 e. The van der Waals surface area contributed by atoms with Gasteiger partial charge in [-0.3, -0.25) is 4.79 Å². The van der Waals surface area contributed by atoms with E-state index in [1.54, 1.807) is 36.4 Å². The standard InChI is InChI=1S/C17H8Cl3N3OS/c18-11-3-1-2-10(8-11)15-21-17-23(22-15)16(24)14(25-17)7-9-4-5-12(19)13(20)6-9/h1-8H. The molecule has 0 saturated heterocycles. The molecule has 25 heavy (non-hydrogen) atoms. The van der Waals surface area contributed by atoms with Crippen LogP contribution in [-0.2, 0) is 0 Å². The van der Waals surface area contributed by atoms with Crippen molar-refractivity contribution in [1.82, 2.24) is 14.6 Å². The number of hydrogen-bond acceptors (Lipinski definition) is 4. The van der Waals surface area contributed by atoms with Crippen LogP contribution in [0.1, 0.15) is 5.56 Å². The monoisotopic (exact) mass is 407 g/mol. The molecular formula is C17H8Cl3N3OS. The van der Waals surface area contributed by atoms with Crippen LogP contribution < -0.4 is 10.1 Å². The summed E-state index contributed by atoms with van der Waals surface area (Å²) in [6, 6.07) is 12.4. The highest BCUT2D eigenvalue weighted by molar-refractivity contribution is 7.15. The maximum atomic E-state index is 12.6. The molecule has 0 N–H and O–H groups in total. The van der Waals surface area contributed by atoms with Crippen molar-refractivity contribution in [1.29, 1.82) is 0 Å². The average Bonchev–Trinajstić information content (AvgIpc) is 3.12. The summed E-state index contributed by atoms with van der Waals surface area (Å²) in [6.07, 6.45) is 1.74. The molecule has 0 aliphatic heterocycles. The summed E-state index contributed by atoms with van der Waals surface area (Å²) >= 11 is 19.2. The molecule has 0 amide bonds. The van der Waals surface area contributed by atoms with Crippen molar-refractivity contribution < 1.29 is 0 Å². The van der Waals surface area contributed by atoms with Gasteiger partial charge in [-0.05, 0) is 35.9 Å². The zero-order valence-electron chi connectivity index (χ0n) is 12.4. The number of nitrogens with zero attached hydrogens (tertiary/aromatic N) is 3. The molecule has 0 radical (unpaired) electrons. The predicted octanol–water partition coefficient (Wildman–Crippen LogP) is 4.33. The Hall–Kier alpha value is -1.92. The van der Waals surface area contributed by atoms with E-state index in [4.69, 9.17) is 34.8 Å². The Balaban J connectivity index is 1.81. The number of benzene rings is 2. The van der Waals surface area contributed by atoms with Crippen molar-refractivity contribution in [2.45, 2.75) is 0 Å². The maximum absolute atomic E-state index is 12.6. The summed E-state index contributed by atoms with van der Waals surface area (Å²) in [5.41, 5.74) is 1.32. The smallest absolute Gasteiger partial charge is 0.266 e. The van der Waals surface area contributed by atoms with Crippen LogP contribution in [0.2, 0.25) is 15.1 Å². The van der Waals surface area contributed by atoms with Crippen LogP contribution in [0.25, 0.3) is 22.4 Å². The lowest BCUT2D eigenvalue weighted by Crippen LogP contribution is -2.23. The highest BCUT2D eigenvalue weighted by Crippen LogP contribution is 2.23. The molecule has 0 bridgehead atoms. The lowest BCUT2D eigenvalue weighted by atomic mass is 10.2. The normalized spacial score (nSPS) is 12.2. The Morgan fingerprint density at radius 1 is 1.04 bits per heavy atom. The topological polar surface area (TPSA) is 47.3 Å². The summed E-state index contributed by atoms with van der Waals surface area (Å²) in [5.74, 6) is 0.465. The minimum atomic E-state index is -0.230. The Bertz CT molecular complexity index is 1220. The first-order valence-corrected chi connectivity index (χ1v) is 9.08. The van der Waals surface area contributed by atoms with E-state index >= 15 is 0 Å². The Labute approximate surface area is 160 Å². The largest absolute Gasteiger partial charge is 0.291 e. The number of hydrogen-bond donors (Lipinski definition) is 0. The van der Waals surface area contributed by atoms with Gasteiger partial charge < -0.3 is 0 Å². The van der Waals surface area contributed by atoms with Crippen molar-refractivity contribution in [2.24, 2.45) is 0 Å². The second-order valence-electron chi connectivity index (χ2n) is 5.23. The Kier molecular flexibility index (Phi) is 4.25. The van der Waals surface area contributed by atoms with E-state index in [9.17, 15) is 4.79 Å². The molecule has 0 saturated carbocycles. The lowest BCUT2D eigenvalue weighted by Gasteiger charge is -1.96. The van der Waals surface area contributed by atoms with Crippen LogP contribution in [0.15, 0.2) is 47.3 Å². The predicted molar refractivity (Wildman–Crippen MR) is 103 cm³/mol. The molecule has 8 heteroatoms. The third-order valence-electron chi connectivity index (χ3n) is 3.51. The van der Waals surface area contributed by atoms with E-state index in [-0.39, 0.29) is 5.56 Å². The van der Waals surface area contributed by atoms with E-state index in [2.05, 4.69) is 10.1 Å². The second kappa shape index (κ2) is 6.42. The van der Waals surface area contributed by atoms with Crippen molar-refractivity contribution in [2.75, 3.05) is 0 Å². The molecule has 2 heterocycles. The van der Waals surface area contributed by atoms with Crippen LogP contribution in [-0.4, -0.2) is 14.6 Å². The molecule has 0 atom stereocenters. The highest BCUT2D eigenvalue weighted by atomic mass is 35.5. The number of fused-ring (bicyclic) bond motifs is 1. The third kappa shape index (κ3) is 3.16. The lowest BCUT2D eigenvalue weighted by molar-refractivity contribution is 0.937. The van der Waals surface area contributed by atoms with Crippen LogP contribution in [0, 0.1) is 0 Å². The van der Waals surface area contributed by atoms with E-state index in [1.165, 1.54) is 15.9 Å². The van der Waals surface area contributed by atoms with Crippen LogP contribution in [0.4, 0.5) is 0 Å². The zero-order chi connectivity index (χ0) is 17.6. The first-order chi connectivity index (χ1) is 12.0. The summed E-state index contributed by atoms with van der Waals surface area (Å²) in [6.45, 7) is 0. The van der Waals surface area contributed by atoms with E-state index in [0.717, 1.165) is 11.1 Å². The summed E-state index contributed by atoms with van der Waals surface area (Å²) < 4.78 is 1.82. The molecule has 0 unspecified atom stereocenters. The zero-order valence-corrected chi connectivity index (χ0v) is 15.5. The molecular weight excluding hydrogens is 401 g/mol. The third-order valence-corrected chi connectivity index (χ3v) is 5.44. The van der Waals surface area contributed by atoms with Crippen molar-refractivity contribution in [3.8, 4) is 11.4 Å². The van der Waals surface area contributed by atoms with Gasteiger partial charge >= 0.3 is 0 Å². The molecule has 2 aromatic carbocycles. The first kappa shape index (κ1) is 16.5. The van der Waals surface area contributed by atoms with Crippen LogP contribution >= 0.6 is 46.1 Å². The van der Waals surface area contributed by atoms with Crippen molar-refractivity contribution in [3.63, 3.8) is 0 Å². The van der Waals surface area contributed by atoms with Gasteiger partial charge in [-0.25, -0.2) is 0 Å². The van der Waals surface area contributed by atoms with Crippen molar-refractivity contribution >= 4 is 57.2 Å². The van der Waals surface area contributed by atoms with Gasteiger partial charge in [-0.2, -0.15) is 9.50 Å². The van der Waals surface area contributed by atoms with Gasteiger partial charge in [0.05, 0.1) is 14.6 Å².